The van der Waals surface area contributed by atoms with Crippen molar-refractivity contribution >= 4 is 11.6 Å². The molecule has 0 aliphatic rings. The lowest BCUT2D eigenvalue weighted by molar-refractivity contribution is 0.217. The Hall–Kier alpha value is -0.730. The van der Waals surface area contributed by atoms with Crippen molar-refractivity contribution in [1.29, 1.82) is 0 Å². The van der Waals surface area contributed by atoms with E-state index in [-0.39, 0.29) is 11.6 Å². The lowest BCUT2D eigenvalue weighted by Gasteiger charge is -2.21. The Kier molecular flexibility index (Phi) is 5.48. The Bertz CT molecular complexity index is 385. The maximum absolute atomic E-state index is 6.23. The van der Waals surface area contributed by atoms with Crippen LogP contribution in [0.2, 0.25) is 5.02 Å². The van der Waals surface area contributed by atoms with Crippen LogP contribution in [0.25, 0.3) is 0 Å². The van der Waals surface area contributed by atoms with Crippen LogP contribution in [0, 0.1) is 0 Å². The molecule has 0 bridgehead atoms. The monoisotopic (exact) mass is 269 g/mol. The fourth-order valence-corrected chi connectivity index (χ4v) is 1.66. The molecule has 0 fully saturated rings. The molecule has 3 heteroatoms. The van der Waals surface area contributed by atoms with Crippen LogP contribution in [0.4, 0.5) is 0 Å². The molecule has 0 radical (unpaired) electrons. The highest BCUT2D eigenvalue weighted by atomic mass is 35.5. The minimum atomic E-state index is 0.109. The third-order valence-electron chi connectivity index (χ3n) is 2.72. The van der Waals surface area contributed by atoms with Gasteiger partial charge >= 0.3 is 0 Å². The van der Waals surface area contributed by atoms with Crippen molar-refractivity contribution in [3.05, 3.63) is 28.8 Å². The molecule has 0 aliphatic heterocycles. The lowest BCUT2D eigenvalue weighted by atomic mass is 10.1. The molecule has 1 aromatic rings. The Morgan fingerprint density at radius 2 is 2.00 bits per heavy atom. The average Bonchev–Trinajstić information content (AvgIpc) is 2.28. The van der Waals surface area contributed by atoms with Crippen LogP contribution in [-0.4, -0.2) is 11.6 Å². The van der Waals surface area contributed by atoms with Gasteiger partial charge in [0.2, 0.25) is 0 Å². The molecular weight excluding hydrogens is 246 g/mol. The number of hydrogen-bond acceptors (Lipinski definition) is 2. The van der Waals surface area contributed by atoms with Crippen molar-refractivity contribution in [3.63, 3.8) is 0 Å². The summed E-state index contributed by atoms with van der Waals surface area (Å²) in [6, 6.07) is 5.98. The Labute approximate surface area is 116 Å². The average molecular weight is 270 g/mol. The highest BCUT2D eigenvalue weighted by Crippen LogP contribution is 2.27. The quantitative estimate of drug-likeness (QED) is 0.855. The fourth-order valence-electron chi connectivity index (χ4n) is 1.42. The molecule has 0 aliphatic carbocycles. The zero-order valence-electron chi connectivity index (χ0n) is 12.0. The highest BCUT2D eigenvalue weighted by Gasteiger charge is 2.10. The summed E-state index contributed by atoms with van der Waals surface area (Å²) in [7, 11) is 0. The van der Waals surface area contributed by atoms with Crippen LogP contribution in [0.5, 0.6) is 5.75 Å². The van der Waals surface area contributed by atoms with Crippen molar-refractivity contribution in [2.75, 3.05) is 0 Å². The number of halogens is 1. The van der Waals surface area contributed by atoms with Gasteiger partial charge in [0.15, 0.2) is 0 Å². The molecule has 0 spiro atoms. The zero-order chi connectivity index (χ0) is 13.8. The van der Waals surface area contributed by atoms with Crippen molar-refractivity contribution in [1.82, 2.24) is 5.32 Å². The summed E-state index contributed by atoms with van der Waals surface area (Å²) in [6.45, 7) is 11.4. The van der Waals surface area contributed by atoms with Crippen molar-refractivity contribution in [2.45, 2.75) is 59.2 Å². The predicted molar refractivity (Wildman–Crippen MR) is 78.4 cm³/mol. The van der Waals surface area contributed by atoms with Crippen molar-refractivity contribution in [3.8, 4) is 5.75 Å². The van der Waals surface area contributed by atoms with Gasteiger partial charge in [-0.2, -0.15) is 0 Å². The van der Waals surface area contributed by atoms with Gasteiger partial charge < -0.3 is 10.1 Å². The first kappa shape index (κ1) is 15.3. The van der Waals surface area contributed by atoms with E-state index in [2.05, 4.69) is 39.1 Å². The van der Waals surface area contributed by atoms with Crippen LogP contribution in [0.3, 0.4) is 0 Å². The third-order valence-corrected chi connectivity index (χ3v) is 3.02. The number of hydrogen-bond donors (Lipinski definition) is 1. The number of benzene rings is 1. The summed E-state index contributed by atoms with van der Waals surface area (Å²) in [5.74, 6) is 0.769. The fraction of sp³-hybridized carbons (Fsp3) is 0.600. The van der Waals surface area contributed by atoms with Crippen LogP contribution < -0.4 is 10.1 Å². The van der Waals surface area contributed by atoms with E-state index >= 15 is 0 Å². The van der Waals surface area contributed by atoms with Crippen LogP contribution in [0.1, 0.15) is 46.6 Å². The minimum Gasteiger partial charge on any atom is -0.489 e. The van der Waals surface area contributed by atoms with Gasteiger partial charge in [0, 0.05) is 12.1 Å². The molecule has 1 rings (SSSR count). The summed E-state index contributed by atoms with van der Waals surface area (Å²) in [5.41, 5.74) is 1.28. The van der Waals surface area contributed by atoms with E-state index < -0.39 is 0 Å². The second-order valence-corrected chi connectivity index (χ2v) is 6.11. The highest BCUT2D eigenvalue weighted by molar-refractivity contribution is 6.32. The van der Waals surface area contributed by atoms with Gasteiger partial charge in [-0.1, -0.05) is 24.6 Å². The molecule has 0 aromatic heterocycles. The molecule has 1 N–H and O–H groups in total. The van der Waals surface area contributed by atoms with E-state index in [1.54, 1.807) is 0 Å². The third kappa shape index (κ3) is 5.28. The SMILES string of the molecule is CCC(C)Oc1ccc(CNC(C)(C)C)cc1Cl. The number of ether oxygens (including phenoxy) is 1. The zero-order valence-corrected chi connectivity index (χ0v) is 12.8. The number of nitrogens with one attached hydrogen (secondary N) is 1. The smallest absolute Gasteiger partial charge is 0.138 e. The van der Waals surface area contributed by atoms with Crippen LogP contribution >= 0.6 is 11.6 Å². The van der Waals surface area contributed by atoms with Gasteiger partial charge in [-0.3, -0.25) is 0 Å². The lowest BCUT2D eigenvalue weighted by Crippen LogP contribution is -2.35. The molecule has 2 nitrogen and oxygen atoms in total. The molecule has 18 heavy (non-hydrogen) atoms. The summed E-state index contributed by atoms with van der Waals surface area (Å²) < 4.78 is 5.74. The van der Waals surface area contributed by atoms with Crippen LogP contribution in [0.15, 0.2) is 18.2 Å². The molecule has 0 amide bonds. The van der Waals surface area contributed by atoms with E-state index in [9.17, 15) is 0 Å². The normalized spacial score (nSPS) is 13.4. The van der Waals surface area contributed by atoms with E-state index in [1.165, 1.54) is 5.56 Å². The van der Waals surface area contributed by atoms with E-state index in [1.807, 2.05) is 19.1 Å². The molecule has 0 saturated carbocycles. The minimum absolute atomic E-state index is 0.109. The first-order valence-corrected chi connectivity index (χ1v) is 6.89. The maximum atomic E-state index is 6.23. The Balaban J connectivity index is 2.67. The largest absolute Gasteiger partial charge is 0.489 e. The van der Waals surface area contributed by atoms with Gasteiger partial charge in [0.1, 0.15) is 5.75 Å². The van der Waals surface area contributed by atoms with Gasteiger partial charge in [0.05, 0.1) is 11.1 Å². The van der Waals surface area contributed by atoms with Crippen LogP contribution in [-0.2, 0) is 6.54 Å². The molecule has 0 saturated heterocycles. The maximum Gasteiger partial charge on any atom is 0.138 e. The van der Waals surface area contributed by atoms with Crippen molar-refractivity contribution < 1.29 is 4.74 Å². The predicted octanol–water partition coefficient (Wildman–Crippen LogP) is 4.41. The molecule has 1 unspecified atom stereocenters. The van der Waals surface area contributed by atoms with E-state index in [0.717, 1.165) is 18.7 Å². The summed E-state index contributed by atoms with van der Waals surface area (Å²) >= 11 is 6.23. The van der Waals surface area contributed by atoms with Gasteiger partial charge in [-0.05, 0) is 51.8 Å². The van der Waals surface area contributed by atoms with Gasteiger partial charge in [-0.25, -0.2) is 0 Å². The molecular formula is C15H24ClNO. The van der Waals surface area contributed by atoms with Gasteiger partial charge in [0.25, 0.3) is 0 Å². The summed E-state index contributed by atoms with van der Waals surface area (Å²) in [4.78, 5) is 0. The van der Waals surface area contributed by atoms with Crippen molar-refractivity contribution in [2.24, 2.45) is 0 Å². The summed E-state index contributed by atoms with van der Waals surface area (Å²) in [5, 5.41) is 4.12. The second-order valence-electron chi connectivity index (χ2n) is 5.71. The molecule has 0 heterocycles. The van der Waals surface area contributed by atoms with E-state index in [4.69, 9.17) is 16.3 Å². The molecule has 102 valence electrons. The summed E-state index contributed by atoms with van der Waals surface area (Å²) in [6.07, 6.45) is 1.17. The topological polar surface area (TPSA) is 21.3 Å². The second kappa shape index (κ2) is 6.44. The van der Waals surface area contributed by atoms with Gasteiger partial charge in [-0.15, -0.1) is 0 Å². The number of rotatable bonds is 5. The molecule has 1 atom stereocenters. The first-order chi connectivity index (χ1) is 8.31. The first-order valence-electron chi connectivity index (χ1n) is 6.52. The Morgan fingerprint density at radius 1 is 1.33 bits per heavy atom. The Morgan fingerprint density at radius 3 is 2.50 bits per heavy atom. The molecule has 1 aromatic carbocycles. The van der Waals surface area contributed by atoms with E-state index in [0.29, 0.717) is 5.02 Å². The standard InChI is InChI=1S/C15H24ClNO/c1-6-11(2)18-14-8-7-12(9-13(14)16)10-17-15(3,4)5/h7-9,11,17H,6,10H2,1-5H3.